The molecule has 1 fully saturated rings. The highest BCUT2D eigenvalue weighted by atomic mass is 35.5. The molecule has 0 aromatic rings. The van der Waals surface area contributed by atoms with Gasteiger partial charge in [0.05, 0.1) is 6.61 Å². The number of halogens is 2. The van der Waals surface area contributed by atoms with Crippen molar-refractivity contribution in [3.63, 3.8) is 0 Å². The Morgan fingerprint density at radius 3 is 2.44 bits per heavy atom. The maximum Gasteiger partial charge on any atom is 0.407 e. The molecule has 1 aliphatic carbocycles. The molecular formula is C10H17Cl2NO3. The monoisotopic (exact) mass is 269 g/mol. The number of carbonyl (C=O) groups excluding carboxylic acids is 1. The molecule has 2 N–H and O–H groups in total. The largest absolute Gasteiger partial charge is 0.443 e. The zero-order valence-electron chi connectivity index (χ0n) is 9.59. The topological polar surface area (TPSA) is 58.6 Å². The van der Waals surface area contributed by atoms with Crippen LogP contribution < -0.4 is 5.32 Å². The van der Waals surface area contributed by atoms with Crippen LogP contribution in [0.3, 0.4) is 0 Å². The number of aliphatic hydroxyl groups excluding tert-OH is 1. The first-order chi connectivity index (χ1) is 7.15. The van der Waals surface area contributed by atoms with E-state index in [9.17, 15) is 4.79 Å². The van der Waals surface area contributed by atoms with Crippen LogP contribution in [0.25, 0.3) is 0 Å². The number of amides is 1. The summed E-state index contributed by atoms with van der Waals surface area (Å²) < 4.78 is 4.20. The van der Waals surface area contributed by atoms with Gasteiger partial charge in [-0.2, -0.15) is 0 Å². The molecule has 0 radical (unpaired) electrons. The second kappa shape index (κ2) is 4.59. The minimum Gasteiger partial charge on any atom is -0.443 e. The van der Waals surface area contributed by atoms with Crippen LogP contribution in [-0.4, -0.2) is 33.8 Å². The summed E-state index contributed by atoms with van der Waals surface area (Å²) in [6, 6.07) is 0. The number of hydrogen-bond acceptors (Lipinski definition) is 3. The van der Waals surface area contributed by atoms with Gasteiger partial charge in [-0.25, -0.2) is 4.79 Å². The Hall–Kier alpha value is -0.190. The number of aliphatic hydroxyl groups is 1. The molecule has 1 rings (SSSR count). The Balaban J connectivity index is 2.43. The molecule has 1 aliphatic rings. The lowest BCUT2D eigenvalue weighted by Crippen LogP contribution is -2.43. The lowest BCUT2D eigenvalue weighted by atomic mass is 10.1. The Bertz CT molecular complexity index is 276. The molecule has 6 heteroatoms. The van der Waals surface area contributed by atoms with Gasteiger partial charge in [0.15, 0.2) is 0 Å². The summed E-state index contributed by atoms with van der Waals surface area (Å²) in [5.41, 5.74) is -0.375. The summed E-state index contributed by atoms with van der Waals surface area (Å²) in [6.45, 7) is 5.25. The lowest BCUT2D eigenvalue weighted by Gasteiger charge is -2.23. The maximum absolute atomic E-state index is 11.4. The molecule has 4 nitrogen and oxygen atoms in total. The van der Waals surface area contributed by atoms with Crippen molar-refractivity contribution in [1.82, 2.24) is 5.32 Å². The van der Waals surface area contributed by atoms with Crippen LogP contribution in [0, 0.1) is 5.92 Å². The summed E-state index contributed by atoms with van der Waals surface area (Å²) in [5.74, 6) is -0.188. The van der Waals surface area contributed by atoms with Gasteiger partial charge in [0.1, 0.15) is 10.4 Å². The molecule has 1 amide bonds. The molecule has 16 heavy (non-hydrogen) atoms. The van der Waals surface area contributed by atoms with E-state index in [1.807, 2.05) is 20.8 Å². The van der Waals surface area contributed by atoms with E-state index < -0.39 is 16.5 Å². The third-order valence-electron chi connectivity index (χ3n) is 2.24. The molecule has 0 aromatic heterocycles. The molecule has 0 unspecified atom stereocenters. The Labute approximate surface area is 105 Å². The zero-order valence-corrected chi connectivity index (χ0v) is 11.1. The first-order valence-corrected chi connectivity index (χ1v) is 5.89. The smallest absolute Gasteiger partial charge is 0.407 e. The number of ether oxygens (including phenoxy) is 1. The van der Waals surface area contributed by atoms with Crippen molar-refractivity contribution in [1.29, 1.82) is 0 Å². The summed E-state index contributed by atoms with van der Waals surface area (Å²) in [4.78, 5) is 11.4. The van der Waals surface area contributed by atoms with Gasteiger partial charge in [0.2, 0.25) is 0 Å². The molecule has 0 aliphatic heterocycles. The third-order valence-corrected chi connectivity index (χ3v) is 3.11. The number of alkyl halides is 2. The highest BCUT2D eigenvalue weighted by molar-refractivity contribution is 6.50. The van der Waals surface area contributed by atoms with E-state index in [2.05, 4.69) is 5.32 Å². The van der Waals surface area contributed by atoms with Crippen LogP contribution in [0.2, 0.25) is 0 Å². The van der Waals surface area contributed by atoms with Crippen LogP contribution in [0.4, 0.5) is 4.79 Å². The van der Waals surface area contributed by atoms with Crippen LogP contribution in [0.15, 0.2) is 0 Å². The van der Waals surface area contributed by atoms with Crippen LogP contribution in [0.1, 0.15) is 27.2 Å². The summed E-state index contributed by atoms with van der Waals surface area (Å²) >= 11 is 11.7. The Morgan fingerprint density at radius 1 is 1.62 bits per heavy atom. The first kappa shape index (κ1) is 13.9. The zero-order chi connectivity index (χ0) is 12.6. The van der Waals surface area contributed by atoms with Gasteiger partial charge < -0.3 is 15.2 Å². The molecule has 0 aromatic carbocycles. The average Bonchev–Trinajstić information content (AvgIpc) is 2.67. The average molecular weight is 270 g/mol. The maximum atomic E-state index is 11.4. The van der Waals surface area contributed by atoms with Gasteiger partial charge in [-0.05, 0) is 27.2 Å². The van der Waals surface area contributed by atoms with Crippen LogP contribution >= 0.6 is 23.2 Å². The van der Waals surface area contributed by atoms with Crippen molar-refractivity contribution in [2.75, 3.05) is 6.61 Å². The minimum absolute atomic E-state index is 0.188. The molecule has 1 saturated carbocycles. The molecular weight excluding hydrogens is 253 g/mol. The van der Waals surface area contributed by atoms with E-state index in [0.717, 1.165) is 0 Å². The molecule has 0 bridgehead atoms. The van der Waals surface area contributed by atoms with Gasteiger partial charge in [-0.15, -0.1) is 23.2 Å². The molecule has 0 heterocycles. The van der Waals surface area contributed by atoms with E-state index in [4.69, 9.17) is 33.0 Å². The highest BCUT2D eigenvalue weighted by Gasteiger charge is 2.57. The van der Waals surface area contributed by atoms with E-state index in [0.29, 0.717) is 6.42 Å². The number of alkyl carbamates (subject to hydrolysis) is 1. The van der Waals surface area contributed by atoms with E-state index in [1.54, 1.807) is 0 Å². The van der Waals surface area contributed by atoms with Crippen LogP contribution in [0.5, 0.6) is 0 Å². The van der Waals surface area contributed by atoms with Crippen molar-refractivity contribution < 1.29 is 14.6 Å². The van der Waals surface area contributed by atoms with Crippen molar-refractivity contribution in [2.45, 2.75) is 43.2 Å². The minimum atomic E-state index is -0.866. The van der Waals surface area contributed by atoms with Crippen molar-refractivity contribution in [3.8, 4) is 0 Å². The van der Waals surface area contributed by atoms with Gasteiger partial charge >= 0.3 is 6.09 Å². The molecule has 0 saturated heterocycles. The number of carbonyl (C=O) groups is 1. The molecule has 0 spiro atoms. The van der Waals surface area contributed by atoms with Gasteiger partial charge in [0, 0.05) is 11.5 Å². The second-order valence-electron chi connectivity index (χ2n) is 5.07. The van der Waals surface area contributed by atoms with Crippen molar-refractivity contribution in [2.24, 2.45) is 5.92 Å². The fraction of sp³-hybridized carbons (Fsp3) is 0.900. The van der Waals surface area contributed by atoms with Gasteiger partial charge in [0.25, 0.3) is 0 Å². The summed E-state index contributed by atoms with van der Waals surface area (Å²) in [7, 11) is 0. The quantitative estimate of drug-likeness (QED) is 0.772. The predicted molar refractivity (Wildman–Crippen MR) is 62.8 cm³/mol. The summed E-state index contributed by atoms with van der Waals surface area (Å²) in [5, 5.41) is 11.7. The number of hydrogen-bond donors (Lipinski definition) is 2. The normalized spacial score (nSPS) is 24.8. The standard InChI is InChI=1S/C10H17Cl2NO3/c1-9(2,3)13-8(15)16-7(5-14)6-4-10(6,11)12/h6-7,14H,4-5H2,1-3H3,(H,13,15)/t6-,7+/m1/s1. The van der Waals surface area contributed by atoms with Crippen molar-refractivity contribution in [3.05, 3.63) is 0 Å². The number of rotatable bonds is 3. The van der Waals surface area contributed by atoms with Gasteiger partial charge in [-0.3, -0.25) is 0 Å². The summed E-state index contributed by atoms with van der Waals surface area (Å²) in [6.07, 6.45) is -0.677. The Morgan fingerprint density at radius 2 is 2.12 bits per heavy atom. The van der Waals surface area contributed by atoms with Crippen LogP contribution in [-0.2, 0) is 4.74 Å². The first-order valence-electron chi connectivity index (χ1n) is 5.13. The Kier molecular flexibility index (Phi) is 3.98. The van der Waals surface area contributed by atoms with E-state index in [-0.39, 0.29) is 18.1 Å². The number of nitrogens with one attached hydrogen (secondary N) is 1. The van der Waals surface area contributed by atoms with Gasteiger partial charge in [-0.1, -0.05) is 0 Å². The van der Waals surface area contributed by atoms with E-state index in [1.165, 1.54) is 0 Å². The molecule has 94 valence electrons. The van der Waals surface area contributed by atoms with E-state index >= 15 is 0 Å². The highest BCUT2D eigenvalue weighted by Crippen LogP contribution is 2.55. The SMILES string of the molecule is CC(C)(C)NC(=O)O[C@@H](CO)[C@H]1CC1(Cl)Cl. The third kappa shape index (κ3) is 4.00. The lowest BCUT2D eigenvalue weighted by molar-refractivity contribution is 0.0409. The molecule has 2 atom stereocenters. The predicted octanol–water partition coefficient (Wildman–Crippen LogP) is 2.07. The fourth-order valence-electron chi connectivity index (χ4n) is 1.36. The second-order valence-corrected chi connectivity index (χ2v) is 6.62. The fourth-order valence-corrected chi connectivity index (χ4v) is 1.97. The van der Waals surface area contributed by atoms with Crippen molar-refractivity contribution >= 4 is 29.3 Å².